The summed E-state index contributed by atoms with van der Waals surface area (Å²) in [6.07, 6.45) is 7.31. The molecule has 14 heteroatoms. The topological polar surface area (TPSA) is 172 Å². The Morgan fingerprint density at radius 1 is 0.769 bits per heavy atom. The van der Waals surface area contributed by atoms with Crippen LogP contribution >= 0.6 is 11.8 Å². The summed E-state index contributed by atoms with van der Waals surface area (Å²) in [5.74, 6) is -0.753. The Morgan fingerprint density at radius 2 is 1.52 bits per heavy atom. The maximum absolute atomic E-state index is 14.0. The number of aryl methyl sites for hydroxylation is 1. The number of nitrogens with zero attached hydrogens (tertiary/aromatic N) is 2. The number of fused-ring (bicyclic) bond motifs is 1. The zero-order valence-electron chi connectivity index (χ0n) is 36.7. The first kappa shape index (κ1) is 47.4. The molecule has 342 valence electrons. The summed E-state index contributed by atoms with van der Waals surface area (Å²) in [5.41, 5.74) is 8.43. The summed E-state index contributed by atoms with van der Waals surface area (Å²) in [6, 6.07) is 33.4. The van der Waals surface area contributed by atoms with Gasteiger partial charge in [-0.15, -0.1) is 11.8 Å². The van der Waals surface area contributed by atoms with Gasteiger partial charge >= 0.3 is 5.97 Å². The number of aliphatic carboxylic acids is 1. The minimum absolute atomic E-state index is 0.0361. The summed E-state index contributed by atoms with van der Waals surface area (Å²) in [4.78, 5) is 45.5. The zero-order valence-corrected chi connectivity index (χ0v) is 37.5. The lowest BCUT2D eigenvalue weighted by molar-refractivity contribution is -0.138. The number of amides is 2. The number of aliphatic hydroxyl groups excluding tert-OH is 1. The molecule has 4 aromatic carbocycles. The van der Waals surface area contributed by atoms with E-state index in [1.807, 2.05) is 54.6 Å². The van der Waals surface area contributed by atoms with Gasteiger partial charge in [0, 0.05) is 64.9 Å². The summed E-state index contributed by atoms with van der Waals surface area (Å²) in [6.45, 7) is 4.16. The van der Waals surface area contributed by atoms with E-state index in [0.29, 0.717) is 73.4 Å². The maximum Gasteiger partial charge on any atom is 0.305 e. The van der Waals surface area contributed by atoms with Crippen molar-refractivity contribution in [1.29, 1.82) is 0 Å². The van der Waals surface area contributed by atoms with Crippen LogP contribution in [-0.4, -0.2) is 92.3 Å². The van der Waals surface area contributed by atoms with E-state index in [1.54, 1.807) is 30.1 Å². The lowest BCUT2D eigenvalue weighted by Gasteiger charge is -2.30. The molecular weight excluding hydrogens is 843 g/mol. The average Bonchev–Trinajstić information content (AvgIpc) is 3.34. The first-order valence-corrected chi connectivity index (χ1v) is 23.5. The molecule has 7 rings (SSSR count). The van der Waals surface area contributed by atoms with Crippen LogP contribution in [0.2, 0.25) is 0 Å². The van der Waals surface area contributed by atoms with Crippen molar-refractivity contribution in [2.45, 2.75) is 67.9 Å². The van der Waals surface area contributed by atoms with Gasteiger partial charge in [0.05, 0.1) is 57.4 Å². The molecule has 1 saturated heterocycles. The lowest BCUT2D eigenvalue weighted by atomic mass is 9.87. The molecule has 0 radical (unpaired) electrons. The third-order valence-corrected chi connectivity index (χ3v) is 12.6. The minimum atomic E-state index is -0.905. The fraction of sp³-hybridized carbons (Fsp3) is 0.373. The molecule has 1 aliphatic heterocycles. The standard InChI is InChI=1S/C51H59N5O8S/c57-48(58)20-25-62-27-29-64-30-28-63-26-22-53-49(59)39-13-7-14-42(32-39)65-35-36-9-6-12-38(31-36)50(60)55-46-18-17-41(56-23-4-1-5-24-56)34-44(46)47-33-40(19-21-52-47)51(61)54-45-16-8-11-37-10-2-3-15-43(37)45/h2-3,6-7,9-10,12-15,17-19,21,31-34,45,51,54,61H,1,4-5,8,11,16,20,22-30,35H2,(H,53,59)(H,55,60)(H,57,58)/t45-,51?/m0/s1. The highest BCUT2D eigenvalue weighted by Crippen LogP contribution is 2.35. The van der Waals surface area contributed by atoms with Gasteiger partial charge < -0.3 is 40.0 Å². The van der Waals surface area contributed by atoms with E-state index in [-0.39, 0.29) is 30.9 Å². The lowest BCUT2D eigenvalue weighted by Crippen LogP contribution is -2.29. The predicted molar refractivity (Wildman–Crippen MR) is 253 cm³/mol. The van der Waals surface area contributed by atoms with Crippen molar-refractivity contribution < 1.29 is 38.8 Å². The van der Waals surface area contributed by atoms with Gasteiger partial charge in [-0.2, -0.15) is 0 Å². The number of hydrogen-bond acceptors (Lipinski definition) is 11. The van der Waals surface area contributed by atoms with Crippen LogP contribution in [0, 0.1) is 0 Å². The molecule has 1 aliphatic carbocycles. The van der Waals surface area contributed by atoms with Crippen LogP contribution in [0.15, 0.2) is 114 Å². The number of rotatable bonds is 23. The van der Waals surface area contributed by atoms with Gasteiger partial charge in [-0.05, 0) is 121 Å². The molecule has 1 aromatic heterocycles. The third-order valence-electron chi connectivity index (χ3n) is 11.5. The molecule has 0 spiro atoms. The fourth-order valence-electron chi connectivity index (χ4n) is 8.11. The molecule has 1 unspecified atom stereocenters. The van der Waals surface area contributed by atoms with Gasteiger partial charge in [-0.25, -0.2) is 0 Å². The largest absolute Gasteiger partial charge is 0.481 e. The SMILES string of the molecule is O=C(O)CCOCCOCCOCCNC(=O)c1cccc(SCc2cccc(C(=O)Nc3ccc(N4CCCCC4)cc3-c3cc(C(O)N[C@H]4CCCc5ccccc54)ccn3)c2)c1. The highest BCUT2D eigenvalue weighted by atomic mass is 32.2. The second kappa shape index (κ2) is 24.6. The van der Waals surface area contributed by atoms with E-state index in [9.17, 15) is 19.5 Å². The number of hydrogen-bond donors (Lipinski definition) is 5. The third kappa shape index (κ3) is 14.2. The van der Waals surface area contributed by atoms with Crippen LogP contribution in [0.4, 0.5) is 11.4 Å². The number of piperidine rings is 1. The molecular formula is C51H59N5O8S. The predicted octanol–water partition coefficient (Wildman–Crippen LogP) is 8.20. The van der Waals surface area contributed by atoms with Crippen LogP contribution in [-0.2, 0) is 31.2 Å². The normalized spacial score (nSPS) is 15.2. The number of anilines is 2. The summed E-state index contributed by atoms with van der Waals surface area (Å²) < 4.78 is 16.1. The molecule has 5 aromatic rings. The fourth-order valence-corrected chi connectivity index (χ4v) is 9.01. The van der Waals surface area contributed by atoms with Crippen molar-refractivity contribution in [2.24, 2.45) is 0 Å². The Morgan fingerprint density at radius 3 is 2.34 bits per heavy atom. The van der Waals surface area contributed by atoms with E-state index < -0.39 is 12.2 Å². The number of pyridine rings is 1. The Balaban J connectivity index is 0.942. The molecule has 2 atom stereocenters. The molecule has 5 N–H and O–H groups in total. The maximum atomic E-state index is 14.0. The number of aliphatic hydroxyl groups is 1. The van der Waals surface area contributed by atoms with Crippen molar-refractivity contribution in [3.8, 4) is 11.3 Å². The second-order valence-electron chi connectivity index (χ2n) is 16.2. The Kier molecular flexibility index (Phi) is 17.9. The number of ether oxygens (including phenoxy) is 3. The van der Waals surface area contributed by atoms with Crippen molar-refractivity contribution in [2.75, 3.05) is 69.5 Å². The molecule has 2 heterocycles. The zero-order chi connectivity index (χ0) is 45.2. The van der Waals surface area contributed by atoms with Gasteiger partial charge in [-0.1, -0.05) is 42.5 Å². The minimum Gasteiger partial charge on any atom is -0.481 e. The Bertz CT molecular complexity index is 2360. The highest BCUT2D eigenvalue weighted by Gasteiger charge is 2.24. The molecule has 13 nitrogen and oxygen atoms in total. The van der Waals surface area contributed by atoms with E-state index in [2.05, 4.69) is 57.2 Å². The highest BCUT2D eigenvalue weighted by molar-refractivity contribution is 7.98. The number of benzene rings is 4. The number of carboxylic acids is 1. The summed E-state index contributed by atoms with van der Waals surface area (Å²) in [7, 11) is 0. The number of thioether (sulfide) groups is 1. The average molecular weight is 902 g/mol. The Labute approximate surface area is 385 Å². The molecule has 0 bridgehead atoms. The first-order valence-electron chi connectivity index (χ1n) is 22.5. The van der Waals surface area contributed by atoms with E-state index in [0.717, 1.165) is 66.9 Å². The number of carbonyl (C=O) groups is 3. The van der Waals surface area contributed by atoms with Gasteiger partial charge in [0.1, 0.15) is 6.23 Å². The second-order valence-corrected chi connectivity index (χ2v) is 17.2. The first-order chi connectivity index (χ1) is 31.8. The van der Waals surface area contributed by atoms with Crippen LogP contribution in [0.1, 0.15) is 93.8 Å². The van der Waals surface area contributed by atoms with E-state index in [4.69, 9.17) is 24.3 Å². The molecule has 1 fully saturated rings. The molecule has 2 aliphatic rings. The number of nitrogens with one attached hydrogen (secondary N) is 3. The monoisotopic (exact) mass is 901 g/mol. The molecule has 0 saturated carbocycles. The van der Waals surface area contributed by atoms with Gasteiger partial charge in [0.25, 0.3) is 11.8 Å². The van der Waals surface area contributed by atoms with Gasteiger partial charge in [0.2, 0.25) is 0 Å². The van der Waals surface area contributed by atoms with E-state index >= 15 is 0 Å². The van der Waals surface area contributed by atoms with Crippen molar-refractivity contribution >= 4 is 40.9 Å². The summed E-state index contributed by atoms with van der Waals surface area (Å²) in [5, 5.41) is 29.7. The Hall–Kier alpha value is -5.61. The van der Waals surface area contributed by atoms with Crippen LogP contribution < -0.4 is 20.9 Å². The van der Waals surface area contributed by atoms with Crippen LogP contribution in [0.3, 0.4) is 0 Å². The molecule has 65 heavy (non-hydrogen) atoms. The molecule has 2 amide bonds. The quantitative estimate of drug-likeness (QED) is 0.0242. The van der Waals surface area contributed by atoms with Crippen molar-refractivity contribution in [1.82, 2.24) is 15.6 Å². The van der Waals surface area contributed by atoms with Gasteiger partial charge in [0.15, 0.2) is 0 Å². The smallest absolute Gasteiger partial charge is 0.305 e. The van der Waals surface area contributed by atoms with Crippen LogP contribution in [0.5, 0.6) is 0 Å². The number of aromatic nitrogens is 1. The number of carbonyl (C=O) groups excluding carboxylic acids is 2. The van der Waals surface area contributed by atoms with Crippen LogP contribution in [0.25, 0.3) is 11.3 Å². The van der Waals surface area contributed by atoms with Gasteiger partial charge in [-0.3, -0.25) is 24.7 Å². The van der Waals surface area contributed by atoms with E-state index in [1.165, 1.54) is 17.5 Å². The summed E-state index contributed by atoms with van der Waals surface area (Å²) >= 11 is 1.58. The van der Waals surface area contributed by atoms with Crippen molar-refractivity contribution in [3.05, 3.63) is 143 Å². The van der Waals surface area contributed by atoms with Crippen molar-refractivity contribution in [3.63, 3.8) is 0 Å². The number of carboxylic acid groups (broad SMARTS) is 1.